The van der Waals surface area contributed by atoms with E-state index in [-0.39, 0.29) is 37.6 Å². The third kappa shape index (κ3) is 10.9. The van der Waals surface area contributed by atoms with Crippen LogP contribution in [-0.2, 0) is 4.74 Å². The molecule has 40 valence electrons. The van der Waals surface area contributed by atoms with Gasteiger partial charge in [0.1, 0.15) is 0 Å². The molecule has 0 radical (unpaired) electrons. The Hall–Kier alpha value is 0.920. The molecule has 0 atom stereocenters. The first-order valence-electron chi connectivity index (χ1n) is 2.01. The summed E-state index contributed by atoms with van der Waals surface area (Å²) in [6.45, 7) is 0.893. The first-order chi connectivity index (χ1) is 2.91. The van der Waals surface area contributed by atoms with Crippen LogP contribution in [0.5, 0.6) is 0 Å². The van der Waals surface area contributed by atoms with Crippen LogP contribution in [0.15, 0.2) is 0 Å². The molecule has 0 heterocycles. The fraction of sp³-hybridized carbons (Fsp3) is 1.00. The molecule has 0 aromatic carbocycles. The van der Waals surface area contributed by atoms with Gasteiger partial charge in [-0.25, -0.2) is 0 Å². The summed E-state index contributed by atoms with van der Waals surface area (Å²) in [5, 5.41) is 8.12. The van der Waals surface area contributed by atoms with Gasteiger partial charge in [0.2, 0.25) is 0 Å². The summed E-state index contributed by atoms with van der Waals surface area (Å²) in [5.74, 6) is 0. The number of ether oxygens (including phenoxy) is 1. The number of hydrogen-bond donors (Lipinski definition) is 1. The van der Waals surface area contributed by atoms with Crippen molar-refractivity contribution in [2.75, 3.05) is 20.3 Å². The van der Waals surface area contributed by atoms with Gasteiger partial charge in [0, 0.05) is 20.3 Å². The van der Waals surface area contributed by atoms with E-state index in [0.29, 0.717) is 6.61 Å². The Morgan fingerprint density at radius 3 is 2.43 bits per heavy atom. The van der Waals surface area contributed by atoms with Crippen molar-refractivity contribution in [2.45, 2.75) is 6.42 Å². The van der Waals surface area contributed by atoms with E-state index in [0.717, 1.165) is 6.42 Å². The van der Waals surface area contributed by atoms with Gasteiger partial charge < -0.3 is 11.3 Å². The van der Waals surface area contributed by atoms with E-state index in [2.05, 4.69) is 4.74 Å². The van der Waals surface area contributed by atoms with E-state index in [1.165, 1.54) is 0 Å². The molecule has 7 heavy (non-hydrogen) atoms. The van der Waals surface area contributed by atoms with Crippen LogP contribution in [0.2, 0.25) is 0 Å². The summed E-state index contributed by atoms with van der Waals surface area (Å²) in [6, 6.07) is 0. The van der Waals surface area contributed by atoms with Gasteiger partial charge in [-0.2, -0.15) is 0 Å². The van der Waals surface area contributed by atoms with Gasteiger partial charge >= 0.3 is 29.6 Å². The smallest absolute Gasteiger partial charge is 1.00 e. The molecule has 0 aliphatic heterocycles. The average Bonchev–Trinajstić information content (AvgIpc) is 1.61. The molecule has 2 nitrogen and oxygen atoms in total. The first kappa shape index (κ1) is 10.8. The van der Waals surface area contributed by atoms with Crippen molar-refractivity contribution in [3.63, 3.8) is 0 Å². The third-order valence-electron chi connectivity index (χ3n) is 0.507. The van der Waals surface area contributed by atoms with Crippen LogP contribution in [0.4, 0.5) is 0 Å². The van der Waals surface area contributed by atoms with Gasteiger partial charge in [0.25, 0.3) is 0 Å². The molecule has 0 bridgehead atoms. The van der Waals surface area contributed by atoms with Gasteiger partial charge in [-0.15, -0.1) is 0 Å². The van der Waals surface area contributed by atoms with Crippen molar-refractivity contribution >= 4 is 0 Å². The molecule has 0 rings (SSSR count). The van der Waals surface area contributed by atoms with Crippen LogP contribution in [0, 0.1) is 0 Å². The SMILES string of the molecule is COCCCO.[H-].[Na+]. The number of methoxy groups -OCH3 is 1. The molecular formula is C4H11NaO2. The van der Waals surface area contributed by atoms with Crippen LogP contribution in [0.25, 0.3) is 0 Å². The molecule has 0 aliphatic rings. The Bertz CT molecular complexity index is 26.0. The molecular weight excluding hydrogens is 103 g/mol. The summed E-state index contributed by atoms with van der Waals surface area (Å²) < 4.78 is 4.62. The largest absolute Gasteiger partial charge is 1.00 e. The molecule has 0 saturated carbocycles. The van der Waals surface area contributed by atoms with Crippen molar-refractivity contribution in [1.82, 2.24) is 0 Å². The van der Waals surface area contributed by atoms with Gasteiger partial charge in [0.15, 0.2) is 0 Å². The molecule has 0 spiro atoms. The Morgan fingerprint density at radius 1 is 1.71 bits per heavy atom. The quantitative estimate of drug-likeness (QED) is 0.316. The van der Waals surface area contributed by atoms with Gasteiger partial charge in [-0.05, 0) is 6.42 Å². The molecule has 0 amide bonds. The topological polar surface area (TPSA) is 29.5 Å². The molecule has 0 fully saturated rings. The van der Waals surface area contributed by atoms with Crippen molar-refractivity contribution in [2.24, 2.45) is 0 Å². The van der Waals surface area contributed by atoms with Crippen molar-refractivity contribution < 1.29 is 40.8 Å². The number of rotatable bonds is 3. The summed E-state index contributed by atoms with van der Waals surface area (Å²) in [7, 11) is 1.62. The standard InChI is InChI=1S/C4H10O2.Na.H/c1-6-4-2-3-5;;/h5H,2-4H2,1H3;;/q;+1;-1. The van der Waals surface area contributed by atoms with E-state index in [1.807, 2.05) is 0 Å². The van der Waals surface area contributed by atoms with Crippen LogP contribution < -0.4 is 29.6 Å². The summed E-state index contributed by atoms with van der Waals surface area (Å²) in [6.07, 6.45) is 0.747. The average molecular weight is 114 g/mol. The van der Waals surface area contributed by atoms with Crippen molar-refractivity contribution in [3.8, 4) is 0 Å². The van der Waals surface area contributed by atoms with E-state index in [1.54, 1.807) is 7.11 Å². The predicted octanol–water partition coefficient (Wildman–Crippen LogP) is -2.87. The fourth-order valence-electron chi connectivity index (χ4n) is 0.209. The second kappa shape index (κ2) is 10.0. The molecule has 0 unspecified atom stereocenters. The number of hydrogen-bond acceptors (Lipinski definition) is 2. The van der Waals surface area contributed by atoms with Crippen LogP contribution >= 0.6 is 0 Å². The second-order valence-electron chi connectivity index (χ2n) is 1.07. The second-order valence-corrected chi connectivity index (χ2v) is 1.07. The number of aliphatic hydroxyl groups is 1. The minimum absolute atomic E-state index is 0. The summed E-state index contributed by atoms with van der Waals surface area (Å²) >= 11 is 0. The molecule has 0 aromatic rings. The molecule has 0 saturated heterocycles. The normalized spacial score (nSPS) is 7.71. The van der Waals surface area contributed by atoms with Crippen LogP contribution in [0.1, 0.15) is 7.85 Å². The van der Waals surface area contributed by atoms with E-state index < -0.39 is 0 Å². The molecule has 1 N–H and O–H groups in total. The maximum atomic E-state index is 8.12. The third-order valence-corrected chi connectivity index (χ3v) is 0.507. The zero-order valence-electron chi connectivity index (χ0n) is 5.98. The zero-order chi connectivity index (χ0) is 4.83. The number of aliphatic hydroxyl groups excluding tert-OH is 1. The van der Waals surface area contributed by atoms with Crippen molar-refractivity contribution in [1.29, 1.82) is 0 Å². The monoisotopic (exact) mass is 114 g/mol. The van der Waals surface area contributed by atoms with E-state index >= 15 is 0 Å². The predicted molar refractivity (Wildman–Crippen MR) is 24.7 cm³/mol. The fourth-order valence-corrected chi connectivity index (χ4v) is 0.209. The van der Waals surface area contributed by atoms with E-state index in [4.69, 9.17) is 5.11 Å². The Balaban J connectivity index is -0.000000125. The summed E-state index contributed by atoms with van der Waals surface area (Å²) in [5.41, 5.74) is 0. The maximum Gasteiger partial charge on any atom is 1.00 e. The summed E-state index contributed by atoms with van der Waals surface area (Å²) in [4.78, 5) is 0. The Morgan fingerprint density at radius 2 is 2.29 bits per heavy atom. The van der Waals surface area contributed by atoms with Gasteiger partial charge in [0.05, 0.1) is 0 Å². The van der Waals surface area contributed by atoms with Crippen molar-refractivity contribution in [3.05, 3.63) is 0 Å². The van der Waals surface area contributed by atoms with E-state index in [9.17, 15) is 0 Å². The minimum Gasteiger partial charge on any atom is -1.00 e. The molecule has 3 heteroatoms. The first-order valence-corrected chi connectivity index (χ1v) is 2.01. The Kier molecular flexibility index (Phi) is 15.5. The zero-order valence-corrected chi connectivity index (χ0v) is 6.98. The van der Waals surface area contributed by atoms with Crippen LogP contribution in [0.3, 0.4) is 0 Å². The molecule has 0 aromatic heterocycles. The van der Waals surface area contributed by atoms with Crippen LogP contribution in [-0.4, -0.2) is 25.4 Å². The molecule has 0 aliphatic carbocycles. The minimum atomic E-state index is 0. The van der Waals surface area contributed by atoms with Gasteiger partial charge in [-0.3, -0.25) is 0 Å². The maximum absolute atomic E-state index is 8.12. The van der Waals surface area contributed by atoms with Gasteiger partial charge in [-0.1, -0.05) is 0 Å². The Labute approximate surface area is 67.6 Å².